The molecule has 2 nitrogen and oxygen atoms in total. The summed E-state index contributed by atoms with van der Waals surface area (Å²) in [5.41, 5.74) is 9.14. The third kappa shape index (κ3) is 3.08. The molecule has 0 aliphatic heterocycles. The Hall–Kier alpha value is -2.74. The summed E-state index contributed by atoms with van der Waals surface area (Å²) in [5, 5.41) is 0. The maximum absolute atomic E-state index is 12.9. The van der Waals surface area contributed by atoms with Crippen LogP contribution >= 0.6 is 0 Å². The molecular formula is C24H24O2. The molecule has 0 spiro atoms. The number of benzene rings is 2. The van der Waals surface area contributed by atoms with Crippen molar-refractivity contribution in [3.8, 4) is 0 Å². The number of rotatable bonds is 2. The highest BCUT2D eigenvalue weighted by Crippen LogP contribution is 2.33. The zero-order valence-corrected chi connectivity index (χ0v) is 16.3. The van der Waals surface area contributed by atoms with Gasteiger partial charge in [-0.25, -0.2) is 0 Å². The first-order chi connectivity index (χ1) is 12.2. The number of allylic oxidation sites excluding steroid dienone is 4. The van der Waals surface area contributed by atoms with E-state index < -0.39 is 0 Å². The molecule has 0 aromatic heterocycles. The van der Waals surface area contributed by atoms with Crippen LogP contribution in [0.2, 0.25) is 0 Å². The van der Waals surface area contributed by atoms with Crippen LogP contribution in [0.3, 0.4) is 0 Å². The van der Waals surface area contributed by atoms with Gasteiger partial charge in [0.1, 0.15) is 0 Å². The van der Waals surface area contributed by atoms with E-state index in [1.165, 1.54) is 12.2 Å². The summed E-state index contributed by atoms with van der Waals surface area (Å²) in [4.78, 5) is 25.8. The van der Waals surface area contributed by atoms with Crippen LogP contribution in [0.5, 0.6) is 0 Å². The van der Waals surface area contributed by atoms with Gasteiger partial charge in [0, 0.05) is 11.1 Å². The molecule has 0 saturated heterocycles. The number of aryl methyl sites for hydroxylation is 6. The van der Waals surface area contributed by atoms with E-state index in [9.17, 15) is 9.59 Å². The summed E-state index contributed by atoms with van der Waals surface area (Å²) in [6, 6.07) is 8.20. The van der Waals surface area contributed by atoms with Crippen molar-refractivity contribution in [3.63, 3.8) is 0 Å². The van der Waals surface area contributed by atoms with Crippen molar-refractivity contribution in [2.75, 3.05) is 0 Å². The molecule has 0 amide bonds. The third-order valence-corrected chi connectivity index (χ3v) is 4.97. The Bertz CT molecular complexity index is 887. The fourth-order valence-electron chi connectivity index (χ4n) is 4.16. The van der Waals surface area contributed by atoms with E-state index in [4.69, 9.17) is 0 Å². The molecule has 2 aromatic rings. The molecule has 0 N–H and O–H groups in total. The first-order valence-electron chi connectivity index (χ1n) is 8.87. The second kappa shape index (κ2) is 6.53. The lowest BCUT2D eigenvalue weighted by molar-refractivity contribution is -0.112. The van der Waals surface area contributed by atoms with Gasteiger partial charge in [-0.3, -0.25) is 9.59 Å². The largest absolute Gasteiger partial charge is 0.289 e. The Morgan fingerprint density at radius 3 is 1.04 bits per heavy atom. The van der Waals surface area contributed by atoms with Crippen molar-refractivity contribution >= 4 is 22.7 Å². The van der Waals surface area contributed by atoms with Gasteiger partial charge in [0.2, 0.25) is 0 Å². The smallest absolute Gasteiger partial charge is 0.187 e. The molecule has 1 aliphatic rings. The average molecular weight is 344 g/mol. The summed E-state index contributed by atoms with van der Waals surface area (Å²) in [5.74, 6) is -0.206. The number of hydrogen-bond acceptors (Lipinski definition) is 2. The standard InChI is InChI=1S/C24H24O2/c1-13-7-15(3)23(16(4)8-13)19-11-22(26)20(12-21(19)25)24-17(5)9-14(2)10-18(24)6/h7-12H,1-6H3. The van der Waals surface area contributed by atoms with Crippen LogP contribution in [0.15, 0.2) is 36.4 Å². The van der Waals surface area contributed by atoms with Gasteiger partial charge >= 0.3 is 0 Å². The van der Waals surface area contributed by atoms with Crippen molar-refractivity contribution in [2.24, 2.45) is 0 Å². The molecule has 0 atom stereocenters. The lowest BCUT2D eigenvalue weighted by atomic mass is 9.83. The highest BCUT2D eigenvalue weighted by Gasteiger charge is 2.26. The minimum Gasteiger partial charge on any atom is -0.289 e. The zero-order valence-electron chi connectivity index (χ0n) is 16.3. The highest BCUT2D eigenvalue weighted by atomic mass is 16.1. The Balaban J connectivity index is 2.11. The molecule has 0 fully saturated rings. The normalized spacial score (nSPS) is 14.4. The number of carbonyl (C=O) groups excluding carboxylic acids is 2. The van der Waals surface area contributed by atoms with Crippen LogP contribution < -0.4 is 0 Å². The molecule has 2 heteroatoms. The summed E-state index contributed by atoms with van der Waals surface area (Å²) < 4.78 is 0. The Morgan fingerprint density at radius 1 is 0.500 bits per heavy atom. The van der Waals surface area contributed by atoms with Crippen molar-refractivity contribution < 1.29 is 9.59 Å². The van der Waals surface area contributed by atoms with Gasteiger partial charge in [0.25, 0.3) is 0 Å². The molecule has 132 valence electrons. The predicted octanol–water partition coefficient (Wildman–Crippen LogP) is 5.16. The minimum absolute atomic E-state index is 0.103. The van der Waals surface area contributed by atoms with Gasteiger partial charge in [-0.1, -0.05) is 35.4 Å². The lowest BCUT2D eigenvalue weighted by Crippen LogP contribution is -2.14. The summed E-state index contributed by atoms with van der Waals surface area (Å²) in [6.45, 7) is 12.0. The predicted molar refractivity (Wildman–Crippen MR) is 107 cm³/mol. The van der Waals surface area contributed by atoms with Crippen LogP contribution in [-0.2, 0) is 9.59 Å². The van der Waals surface area contributed by atoms with Crippen LogP contribution in [-0.4, -0.2) is 11.6 Å². The first kappa shape index (κ1) is 18.1. The zero-order chi connectivity index (χ0) is 19.2. The fourth-order valence-corrected chi connectivity index (χ4v) is 4.16. The number of carbonyl (C=O) groups is 2. The van der Waals surface area contributed by atoms with Crippen LogP contribution in [0.25, 0.3) is 11.1 Å². The molecule has 1 aliphatic carbocycles. The van der Waals surface area contributed by atoms with Crippen LogP contribution in [0.1, 0.15) is 44.5 Å². The van der Waals surface area contributed by atoms with E-state index in [2.05, 4.69) is 24.3 Å². The lowest BCUT2D eigenvalue weighted by Gasteiger charge is -2.19. The summed E-state index contributed by atoms with van der Waals surface area (Å²) in [6.07, 6.45) is 3.03. The van der Waals surface area contributed by atoms with E-state index >= 15 is 0 Å². The van der Waals surface area contributed by atoms with E-state index in [1.54, 1.807) is 0 Å². The topological polar surface area (TPSA) is 34.1 Å². The highest BCUT2D eigenvalue weighted by molar-refractivity contribution is 6.44. The molecule has 26 heavy (non-hydrogen) atoms. The van der Waals surface area contributed by atoms with Gasteiger partial charge in [0.05, 0.1) is 0 Å². The number of ketones is 2. The van der Waals surface area contributed by atoms with Gasteiger partial charge in [-0.05, 0) is 87.1 Å². The average Bonchev–Trinajstić information content (AvgIpc) is 2.49. The van der Waals surface area contributed by atoms with Gasteiger partial charge in [0.15, 0.2) is 11.6 Å². The quantitative estimate of drug-likeness (QED) is 0.706. The first-order valence-corrected chi connectivity index (χ1v) is 8.87. The van der Waals surface area contributed by atoms with Crippen molar-refractivity contribution in [1.29, 1.82) is 0 Å². The molecule has 0 heterocycles. The van der Waals surface area contributed by atoms with Crippen LogP contribution in [0, 0.1) is 41.5 Å². The monoisotopic (exact) mass is 344 g/mol. The number of hydrogen-bond donors (Lipinski definition) is 0. The maximum atomic E-state index is 12.9. The van der Waals surface area contributed by atoms with Crippen molar-refractivity contribution in [2.45, 2.75) is 41.5 Å². The SMILES string of the molecule is Cc1cc(C)c(C2=CC(=O)C(c3c(C)cc(C)cc3C)=CC2=O)c(C)c1. The maximum Gasteiger partial charge on any atom is 0.187 e. The van der Waals surface area contributed by atoms with Crippen molar-refractivity contribution in [1.82, 2.24) is 0 Å². The fraction of sp³-hybridized carbons (Fsp3) is 0.250. The van der Waals surface area contributed by atoms with Gasteiger partial charge < -0.3 is 0 Å². The summed E-state index contributed by atoms with van der Waals surface area (Å²) in [7, 11) is 0. The van der Waals surface area contributed by atoms with E-state index in [0.717, 1.165) is 44.5 Å². The molecule has 0 bridgehead atoms. The van der Waals surface area contributed by atoms with Gasteiger partial charge in [-0.2, -0.15) is 0 Å². The van der Waals surface area contributed by atoms with E-state index in [-0.39, 0.29) is 11.6 Å². The van der Waals surface area contributed by atoms with E-state index in [0.29, 0.717) is 11.1 Å². The summed E-state index contributed by atoms with van der Waals surface area (Å²) >= 11 is 0. The van der Waals surface area contributed by atoms with Crippen LogP contribution in [0.4, 0.5) is 0 Å². The Morgan fingerprint density at radius 2 is 0.769 bits per heavy atom. The van der Waals surface area contributed by atoms with Gasteiger partial charge in [-0.15, -0.1) is 0 Å². The molecule has 0 saturated carbocycles. The second-order valence-electron chi connectivity index (χ2n) is 7.39. The van der Waals surface area contributed by atoms with Crippen molar-refractivity contribution in [3.05, 3.63) is 80.9 Å². The van der Waals surface area contributed by atoms with E-state index in [1.807, 2.05) is 41.5 Å². The molecule has 3 rings (SSSR count). The molecule has 0 unspecified atom stereocenters. The third-order valence-electron chi connectivity index (χ3n) is 4.97. The Kier molecular flexibility index (Phi) is 4.53. The molecule has 0 radical (unpaired) electrons. The molecule has 2 aromatic carbocycles. The second-order valence-corrected chi connectivity index (χ2v) is 7.39. The Labute approximate surface area is 155 Å². The molecular weight excluding hydrogens is 320 g/mol. The minimum atomic E-state index is -0.103.